The molecular formula is C9H16O3. The molecular weight excluding hydrogens is 156 g/mol. The highest BCUT2D eigenvalue weighted by atomic mass is 16.7. The molecule has 1 heterocycles. The fraction of sp³-hybridized carbons (Fsp3) is 0.778. The summed E-state index contributed by atoms with van der Waals surface area (Å²) in [6.07, 6.45) is 1.70. The second-order valence-electron chi connectivity index (χ2n) is 3.70. The van der Waals surface area contributed by atoms with Gasteiger partial charge in [0, 0.05) is 0 Å². The van der Waals surface area contributed by atoms with Gasteiger partial charge < -0.3 is 14.6 Å². The Morgan fingerprint density at radius 3 is 2.25 bits per heavy atom. The SMILES string of the molecule is C=CC1(CO)COC(C)(C)OC1. The van der Waals surface area contributed by atoms with Crippen molar-refractivity contribution < 1.29 is 14.6 Å². The van der Waals surface area contributed by atoms with Crippen molar-refractivity contribution in [3.8, 4) is 0 Å². The molecule has 1 saturated heterocycles. The van der Waals surface area contributed by atoms with Crippen molar-refractivity contribution in [3.05, 3.63) is 12.7 Å². The summed E-state index contributed by atoms with van der Waals surface area (Å²) in [5, 5.41) is 9.08. The van der Waals surface area contributed by atoms with E-state index in [1.807, 2.05) is 13.8 Å². The van der Waals surface area contributed by atoms with E-state index in [2.05, 4.69) is 6.58 Å². The molecule has 1 aliphatic heterocycles. The monoisotopic (exact) mass is 172 g/mol. The van der Waals surface area contributed by atoms with Crippen LogP contribution in [-0.4, -0.2) is 30.7 Å². The molecule has 3 heteroatoms. The number of aliphatic hydroxyl groups excluding tert-OH is 1. The van der Waals surface area contributed by atoms with Crippen LogP contribution in [0.25, 0.3) is 0 Å². The van der Waals surface area contributed by atoms with E-state index >= 15 is 0 Å². The molecule has 0 aliphatic carbocycles. The highest BCUT2D eigenvalue weighted by molar-refractivity contribution is 4.97. The van der Waals surface area contributed by atoms with Crippen LogP contribution in [0.15, 0.2) is 12.7 Å². The van der Waals surface area contributed by atoms with Crippen molar-refractivity contribution in [3.63, 3.8) is 0 Å². The largest absolute Gasteiger partial charge is 0.395 e. The van der Waals surface area contributed by atoms with Gasteiger partial charge in [-0.1, -0.05) is 6.08 Å². The van der Waals surface area contributed by atoms with Gasteiger partial charge in [0.25, 0.3) is 0 Å². The summed E-state index contributed by atoms with van der Waals surface area (Å²) in [5.74, 6) is -0.526. The van der Waals surface area contributed by atoms with Crippen molar-refractivity contribution in [1.29, 1.82) is 0 Å². The molecule has 0 spiro atoms. The number of aliphatic hydroxyl groups is 1. The summed E-state index contributed by atoms with van der Waals surface area (Å²) in [5.41, 5.74) is -0.407. The number of hydrogen-bond donors (Lipinski definition) is 1. The second-order valence-corrected chi connectivity index (χ2v) is 3.70. The molecule has 0 aromatic rings. The number of rotatable bonds is 2. The van der Waals surface area contributed by atoms with Gasteiger partial charge in [0.1, 0.15) is 0 Å². The van der Waals surface area contributed by atoms with Gasteiger partial charge in [0.15, 0.2) is 5.79 Å². The quantitative estimate of drug-likeness (QED) is 0.630. The van der Waals surface area contributed by atoms with Gasteiger partial charge >= 0.3 is 0 Å². The molecule has 0 aromatic carbocycles. The van der Waals surface area contributed by atoms with E-state index in [4.69, 9.17) is 14.6 Å². The average Bonchev–Trinajstić information content (AvgIpc) is 2.06. The molecule has 0 atom stereocenters. The van der Waals surface area contributed by atoms with E-state index in [0.717, 1.165) is 0 Å². The van der Waals surface area contributed by atoms with Gasteiger partial charge in [0.2, 0.25) is 0 Å². The minimum Gasteiger partial charge on any atom is -0.395 e. The Bertz CT molecular complexity index is 165. The van der Waals surface area contributed by atoms with Crippen LogP contribution in [0.5, 0.6) is 0 Å². The highest BCUT2D eigenvalue weighted by Crippen LogP contribution is 2.29. The molecule has 0 radical (unpaired) electrons. The van der Waals surface area contributed by atoms with Crippen LogP contribution in [0.4, 0.5) is 0 Å². The van der Waals surface area contributed by atoms with Crippen molar-refractivity contribution >= 4 is 0 Å². The first-order chi connectivity index (χ1) is 5.54. The molecule has 0 saturated carbocycles. The van der Waals surface area contributed by atoms with Gasteiger partial charge in [-0.15, -0.1) is 6.58 Å². The van der Waals surface area contributed by atoms with Crippen molar-refractivity contribution in [2.24, 2.45) is 5.41 Å². The van der Waals surface area contributed by atoms with Gasteiger partial charge in [-0.3, -0.25) is 0 Å². The molecule has 1 rings (SSSR count). The van der Waals surface area contributed by atoms with E-state index < -0.39 is 11.2 Å². The van der Waals surface area contributed by atoms with E-state index in [1.54, 1.807) is 6.08 Å². The average molecular weight is 172 g/mol. The van der Waals surface area contributed by atoms with Gasteiger partial charge in [0.05, 0.1) is 25.2 Å². The first-order valence-corrected chi connectivity index (χ1v) is 4.06. The molecule has 70 valence electrons. The Kier molecular flexibility index (Phi) is 2.56. The first kappa shape index (κ1) is 9.71. The van der Waals surface area contributed by atoms with Crippen molar-refractivity contribution in [2.75, 3.05) is 19.8 Å². The van der Waals surface area contributed by atoms with Crippen LogP contribution >= 0.6 is 0 Å². The Morgan fingerprint density at radius 2 is 1.92 bits per heavy atom. The molecule has 0 bridgehead atoms. The second kappa shape index (κ2) is 3.17. The van der Waals surface area contributed by atoms with Crippen LogP contribution in [-0.2, 0) is 9.47 Å². The van der Waals surface area contributed by atoms with Crippen LogP contribution in [0.3, 0.4) is 0 Å². The van der Waals surface area contributed by atoms with Crippen LogP contribution in [0.1, 0.15) is 13.8 Å². The smallest absolute Gasteiger partial charge is 0.162 e. The molecule has 3 nitrogen and oxygen atoms in total. The van der Waals surface area contributed by atoms with Crippen molar-refractivity contribution in [1.82, 2.24) is 0 Å². The summed E-state index contributed by atoms with van der Waals surface area (Å²) in [4.78, 5) is 0. The zero-order chi connectivity index (χ0) is 9.24. The summed E-state index contributed by atoms with van der Waals surface area (Å²) in [7, 11) is 0. The predicted molar refractivity (Wildman–Crippen MR) is 45.7 cm³/mol. The fourth-order valence-electron chi connectivity index (χ4n) is 0.992. The first-order valence-electron chi connectivity index (χ1n) is 4.06. The van der Waals surface area contributed by atoms with Crippen molar-refractivity contribution in [2.45, 2.75) is 19.6 Å². The van der Waals surface area contributed by atoms with Gasteiger partial charge in [-0.05, 0) is 13.8 Å². The Hall–Kier alpha value is -0.380. The third kappa shape index (κ3) is 1.86. The standard InChI is InChI=1S/C9H16O3/c1-4-9(5-10)6-11-8(2,3)12-7-9/h4,10H,1,5-7H2,2-3H3. The minimum absolute atomic E-state index is 0.0204. The molecule has 12 heavy (non-hydrogen) atoms. The Labute approximate surface area is 73.0 Å². The van der Waals surface area contributed by atoms with Gasteiger partial charge in [-0.25, -0.2) is 0 Å². The molecule has 1 aliphatic rings. The number of ether oxygens (including phenoxy) is 2. The van der Waals surface area contributed by atoms with E-state index in [1.165, 1.54) is 0 Å². The maximum atomic E-state index is 9.08. The zero-order valence-corrected chi connectivity index (χ0v) is 7.67. The predicted octanol–water partition coefficient (Wildman–Crippen LogP) is 0.934. The summed E-state index contributed by atoms with van der Waals surface area (Å²) in [6, 6.07) is 0. The summed E-state index contributed by atoms with van der Waals surface area (Å²) >= 11 is 0. The maximum Gasteiger partial charge on any atom is 0.162 e. The summed E-state index contributed by atoms with van der Waals surface area (Å²) in [6.45, 7) is 8.34. The highest BCUT2D eigenvalue weighted by Gasteiger charge is 2.37. The lowest BCUT2D eigenvalue weighted by atomic mass is 9.90. The molecule has 0 aromatic heterocycles. The van der Waals surface area contributed by atoms with E-state index in [9.17, 15) is 0 Å². The fourth-order valence-corrected chi connectivity index (χ4v) is 0.992. The third-order valence-electron chi connectivity index (χ3n) is 2.16. The molecule has 0 amide bonds. The van der Waals surface area contributed by atoms with Crippen LogP contribution in [0, 0.1) is 5.41 Å². The lowest BCUT2D eigenvalue weighted by molar-refractivity contribution is -0.280. The lowest BCUT2D eigenvalue weighted by Crippen LogP contribution is -2.47. The third-order valence-corrected chi connectivity index (χ3v) is 2.16. The normalized spacial score (nSPS) is 26.6. The minimum atomic E-state index is -0.526. The molecule has 1 N–H and O–H groups in total. The molecule has 1 fully saturated rings. The molecule has 0 unspecified atom stereocenters. The van der Waals surface area contributed by atoms with Gasteiger partial charge in [-0.2, -0.15) is 0 Å². The maximum absolute atomic E-state index is 9.08. The Morgan fingerprint density at radius 1 is 1.42 bits per heavy atom. The number of hydrogen-bond acceptors (Lipinski definition) is 3. The van der Waals surface area contributed by atoms with Crippen LogP contribution < -0.4 is 0 Å². The van der Waals surface area contributed by atoms with E-state index in [0.29, 0.717) is 13.2 Å². The topological polar surface area (TPSA) is 38.7 Å². The zero-order valence-electron chi connectivity index (χ0n) is 7.67. The Balaban J connectivity index is 2.59. The van der Waals surface area contributed by atoms with E-state index in [-0.39, 0.29) is 6.61 Å². The lowest BCUT2D eigenvalue weighted by Gasteiger charge is -2.40. The summed E-state index contributed by atoms with van der Waals surface area (Å²) < 4.78 is 10.8. The van der Waals surface area contributed by atoms with Crippen LogP contribution in [0.2, 0.25) is 0 Å².